The second kappa shape index (κ2) is 7.89. The smallest absolute Gasteiger partial charge is 0.270 e. The molecule has 2 N–H and O–H groups in total. The molecule has 0 atom stereocenters. The highest BCUT2D eigenvalue weighted by Crippen LogP contribution is 2.36. The molecule has 2 aromatic carbocycles. The van der Waals surface area contributed by atoms with Crippen LogP contribution >= 0.6 is 23.2 Å². The van der Waals surface area contributed by atoms with Crippen molar-refractivity contribution < 1.29 is 14.6 Å². The number of nitrogens with zero attached hydrogens (tertiary/aromatic N) is 1. The number of amides is 1. The van der Waals surface area contributed by atoms with Gasteiger partial charge in [0.1, 0.15) is 11.4 Å². The number of rotatable bonds is 6. The first-order valence-electron chi connectivity index (χ1n) is 8.09. The lowest BCUT2D eigenvalue weighted by Crippen LogP contribution is -2.28. The Morgan fingerprint density at radius 2 is 1.88 bits per heavy atom. The number of para-hydroxylation sites is 1. The van der Waals surface area contributed by atoms with Crippen LogP contribution in [0.25, 0.3) is 10.9 Å². The standard InChI is InChI=1S/C19H18Cl2N2O3/c1-23(19(25)17-9-12-5-2-3-6-16(12)22-17)7-4-8-26-18-14(20)10-13(24)11-15(18)21/h2-3,5-6,9-11,22,24H,4,7-8H2,1H3. The number of benzene rings is 2. The second-order valence-corrected chi connectivity index (χ2v) is 6.75. The number of aromatic amines is 1. The van der Waals surface area contributed by atoms with E-state index in [1.165, 1.54) is 12.1 Å². The van der Waals surface area contributed by atoms with E-state index in [9.17, 15) is 9.90 Å². The molecule has 1 heterocycles. The Balaban J connectivity index is 1.54. The number of nitrogens with one attached hydrogen (secondary N) is 1. The first-order valence-corrected chi connectivity index (χ1v) is 8.85. The highest BCUT2D eigenvalue weighted by Gasteiger charge is 2.14. The molecule has 0 aliphatic rings. The van der Waals surface area contributed by atoms with Crippen molar-refractivity contribution in [2.45, 2.75) is 6.42 Å². The van der Waals surface area contributed by atoms with Crippen LogP contribution < -0.4 is 4.74 Å². The van der Waals surface area contributed by atoms with Crippen molar-refractivity contribution in [2.24, 2.45) is 0 Å². The summed E-state index contributed by atoms with van der Waals surface area (Å²) in [6.45, 7) is 0.857. The number of H-pyrrole nitrogens is 1. The van der Waals surface area contributed by atoms with Crippen LogP contribution in [0.1, 0.15) is 16.9 Å². The van der Waals surface area contributed by atoms with Gasteiger partial charge in [-0.3, -0.25) is 4.79 Å². The molecule has 26 heavy (non-hydrogen) atoms. The van der Waals surface area contributed by atoms with Crippen LogP contribution in [0.15, 0.2) is 42.5 Å². The summed E-state index contributed by atoms with van der Waals surface area (Å²) in [5.74, 6) is 0.230. The fourth-order valence-electron chi connectivity index (χ4n) is 2.66. The third-order valence-electron chi connectivity index (χ3n) is 3.97. The van der Waals surface area contributed by atoms with Gasteiger partial charge >= 0.3 is 0 Å². The van der Waals surface area contributed by atoms with Gasteiger partial charge in [-0.2, -0.15) is 0 Å². The van der Waals surface area contributed by atoms with Crippen LogP contribution in [0, 0.1) is 0 Å². The lowest BCUT2D eigenvalue weighted by Gasteiger charge is -2.17. The van der Waals surface area contributed by atoms with Gasteiger partial charge in [0.05, 0.1) is 16.7 Å². The van der Waals surface area contributed by atoms with Crippen LogP contribution in [-0.4, -0.2) is 41.1 Å². The molecule has 0 saturated carbocycles. The lowest BCUT2D eigenvalue weighted by atomic mass is 10.2. The third kappa shape index (κ3) is 4.06. The van der Waals surface area contributed by atoms with Gasteiger partial charge in [-0.15, -0.1) is 0 Å². The van der Waals surface area contributed by atoms with Crippen LogP contribution in [0.5, 0.6) is 11.5 Å². The Morgan fingerprint density at radius 3 is 2.58 bits per heavy atom. The van der Waals surface area contributed by atoms with Gasteiger partial charge in [-0.25, -0.2) is 0 Å². The molecule has 5 nitrogen and oxygen atoms in total. The Labute approximate surface area is 161 Å². The molecule has 0 aliphatic carbocycles. The number of hydrogen-bond acceptors (Lipinski definition) is 3. The Kier molecular flexibility index (Phi) is 5.59. The van der Waals surface area contributed by atoms with Crippen LogP contribution in [0.4, 0.5) is 0 Å². The number of phenolic OH excluding ortho intramolecular Hbond substituents is 1. The molecule has 1 aromatic heterocycles. The van der Waals surface area contributed by atoms with Gasteiger partial charge in [0.2, 0.25) is 0 Å². The number of halogens is 2. The summed E-state index contributed by atoms with van der Waals surface area (Å²) in [7, 11) is 1.74. The number of hydrogen-bond donors (Lipinski definition) is 2. The number of phenols is 1. The zero-order chi connectivity index (χ0) is 18.7. The Bertz CT molecular complexity index is 883. The van der Waals surface area contributed by atoms with E-state index >= 15 is 0 Å². The maximum absolute atomic E-state index is 12.5. The summed E-state index contributed by atoms with van der Waals surface area (Å²) in [6.07, 6.45) is 0.607. The zero-order valence-electron chi connectivity index (χ0n) is 14.1. The molecule has 0 fully saturated rings. The molecule has 0 saturated heterocycles. The van der Waals surface area contributed by atoms with Gasteiger partial charge in [0.25, 0.3) is 5.91 Å². The highest BCUT2D eigenvalue weighted by atomic mass is 35.5. The fourth-order valence-corrected chi connectivity index (χ4v) is 3.24. The van der Waals surface area contributed by atoms with E-state index in [0.29, 0.717) is 31.0 Å². The minimum Gasteiger partial charge on any atom is -0.508 e. The summed E-state index contributed by atoms with van der Waals surface area (Å²) in [4.78, 5) is 17.3. The Hall–Kier alpha value is -2.37. The molecule has 7 heteroatoms. The van der Waals surface area contributed by atoms with E-state index in [1.807, 2.05) is 30.3 Å². The SMILES string of the molecule is CN(CCCOc1c(Cl)cc(O)cc1Cl)C(=O)c1cc2ccccc2[nH]1. The Morgan fingerprint density at radius 1 is 1.19 bits per heavy atom. The predicted octanol–water partition coefficient (Wildman–Crippen LogP) is 4.72. The average molecular weight is 393 g/mol. The molecule has 3 aromatic rings. The number of fused-ring (bicyclic) bond motifs is 1. The molecular weight excluding hydrogens is 375 g/mol. The monoisotopic (exact) mass is 392 g/mol. The molecule has 0 unspecified atom stereocenters. The van der Waals surface area contributed by atoms with E-state index in [4.69, 9.17) is 27.9 Å². The van der Waals surface area contributed by atoms with Crippen molar-refractivity contribution in [3.63, 3.8) is 0 Å². The molecule has 0 bridgehead atoms. The second-order valence-electron chi connectivity index (χ2n) is 5.94. The maximum atomic E-state index is 12.5. The van der Waals surface area contributed by atoms with Gasteiger partial charge in [-0.05, 0) is 18.6 Å². The quantitative estimate of drug-likeness (QED) is 0.596. The van der Waals surface area contributed by atoms with E-state index < -0.39 is 0 Å². The van der Waals surface area contributed by atoms with Crippen LogP contribution in [0.2, 0.25) is 10.0 Å². The first-order chi connectivity index (χ1) is 12.5. The number of ether oxygens (including phenoxy) is 1. The fraction of sp³-hybridized carbons (Fsp3) is 0.211. The minimum atomic E-state index is -0.0816. The maximum Gasteiger partial charge on any atom is 0.270 e. The van der Waals surface area contributed by atoms with Gasteiger partial charge in [-0.1, -0.05) is 41.4 Å². The predicted molar refractivity (Wildman–Crippen MR) is 103 cm³/mol. The molecule has 3 rings (SSSR count). The van der Waals surface area contributed by atoms with Crippen molar-refractivity contribution >= 4 is 40.0 Å². The van der Waals surface area contributed by atoms with Crippen LogP contribution in [0.3, 0.4) is 0 Å². The van der Waals surface area contributed by atoms with Crippen molar-refractivity contribution in [3.8, 4) is 11.5 Å². The van der Waals surface area contributed by atoms with E-state index in [1.54, 1.807) is 11.9 Å². The summed E-state index contributed by atoms with van der Waals surface area (Å²) >= 11 is 12.0. The average Bonchev–Trinajstić information content (AvgIpc) is 3.03. The highest BCUT2D eigenvalue weighted by molar-refractivity contribution is 6.37. The van der Waals surface area contributed by atoms with Gasteiger partial charge in [0.15, 0.2) is 5.75 Å². The largest absolute Gasteiger partial charge is 0.508 e. The summed E-state index contributed by atoms with van der Waals surface area (Å²) in [6, 6.07) is 12.3. The molecule has 0 aliphatic heterocycles. The summed E-state index contributed by atoms with van der Waals surface area (Å²) < 4.78 is 5.59. The van der Waals surface area contributed by atoms with Gasteiger partial charge < -0.3 is 19.7 Å². The number of aromatic hydroxyl groups is 1. The topological polar surface area (TPSA) is 65.6 Å². The molecule has 136 valence electrons. The molecule has 0 spiro atoms. The molecule has 1 amide bonds. The van der Waals surface area contributed by atoms with E-state index in [-0.39, 0.29) is 21.7 Å². The van der Waals surface area contributed by atoms with Crippen molar-refractivity contribution in [1.82, 2.24) is 9.88 Å². The van der Waals surface area contributed by atoms with E-state index in [0.717, 1.165) is 10.9 Å². The van der Waals surface area contributed by atoms with Crippen molar-refractivity contribution in [1.29, 1.82) is 0 Å². The van der Waals surface area contributed by atoms with Gasteiger partial charge in [0, 0.05) is 36.6 Å². The number of aromatic nitrogens is 1. The normalized spacial score (nSPS) is 10.9. The number of carbonyl (C=O) groups is 1. The third-order valence-corrected chi connectivity index (χ3v) is 4.54. The van der Waals surface area contributed by atoms with Crippen molar-refractivity contribution in [2.75, 3.05) is 20.2 Å². The first kappa shape index (κ1) is 18.4. The van der Waals surface area contributed by atoms with Crippen LogP contribution in [-0.2, 0) is 0 Å². The minimum absolute atomic E-state index is 0.0176. The van der Waals surface area contributed by atoms with Crippen molar-refractivity contribution in [3.05, 3.63) is 58.2 Å². The zero-order valence-corrected chi connectivity index (χ0v) is 15.6. The molecule has 0 radical (unpaired) electrons. The lowest BCUT2D eigenvalue weighted by molar-refractivity contribution is 0.0783. The summed E-state index contributed by atoms with van der Waals surface area (Å²) in [5, 5.41) is 10.9. The summed E-state index contributed by atoms with van der Waals surface area (Å²) in [5.41, 5.74) is 1.49. The molecular formula is C19H18Cl2N2O3. The van der Waals surface area contributed by atoms with E-state index in [2.05, 4.69) is 4.98 Å². The number of carbonyl (C=O) groups excluding carboxylic acids is 1.